The van der Waals surface area contributed by atoms with Crippen molar-refractivity contribution in [1.29, 1.82) is 0 Å². The summed E-state index contributed by atoms with van der Waals surface area (Å²) in [5.74, 6) is 1.91. The Balaban J connectivity index is 0.977. The quantitative estimate of drug-likeness (QED) is 0.154. The number of fused-ring (bicyclic) bond motifs is 3. The van der Waals surface area contributed by atoms with Crippen molar-refractivity contribution in [2.24, 2.45) is 0 Å². The molecule has 4 heteroatoms. The summed E-state index contributed by atoms with van der Waals surface area (Å²) in [6.07, 6.45) is 1.87. The Morgan fingerprint density at radius 3 is 1.34 bits per heavy atom. The second-order valence-corrected chi connectivity index (χ2v) is 13.9. The highest BCUT2D eigenvalue weighted by atomic mass is 15.0. The molecular formula is C52H34N4. The topological polar surface area (TPSA) is 51.6 Å². The molecule has 2 heterocycles. The molecule has 0 amide bonds. The molecule has 0 spiro atoms. The van der Waals surface area contributed by atoms with Crippen LogP contribution in [0.15, 0.2) is 206 Å². The summed E-state index contributed by atoms with van der Waals surface area (Å²) < 4.78 is 0. The van der Waals surface area contributed by atoms with Crippen LogP contribution < -0.4 is 0 Å². The van der Waals surface area contributed by atoms with Crippen molar-refractivity contribution < 1.29 is 0 Å². The molecule has 2 aromatic heterocycles. The predicted octanol–water partition coefficient (Wildman–Crippen LogP) is 13.2. The van der Waals surface area contributed by atoms with Gasteiger partial charge in [0.25, 0.3) is 0 Å². The van der Waals surface area contributed by atoms with E-state index >= 15 is 0 Å². The zero-order chi connectivity index (χ0) is 37.3. The number of rotatable bonds is 7. The fraction of sp³-hybridized carbons (Fsp3) is 0. The number of hydrogen-bond donors (Lipinski definition) is 0. The number of benzene rings is 8. The van der Waals surface area contributed by atoms with E-state index in [0.29, 0.717) is 17.5 Å². The smallest absolute Gasteiger partial charge is 0.164 e. The minimum atomic E-state index is 0.633. The van der Waals surface area contributed by atoms with Crippen LogP contribution in [-0.4, -0.2) is 19.9 Å². The molecule has 0 radical (unpaired) electrons. The lowest BCUT2D eigenvalue weighted by atomic mass is 9.93. The third-order valence-corrected chi connectivity index (χ3v) is 10.4. The molecule has 0 aliphatic carbocycles. The van der Waals surface area contributed by atoms with Crippen LogP contribution in [0.4, 0.5) is 0 Å². The molecule has 8 aromatic carbocycles. The first-order valence-electron chi connectivity index (χ1n) is 18.8. The van der Waals surface area contributed by atoms with Crippen LogP contribution >= 0.6 is 0 Å². The van der Waals surface area contributed by atoms with Crippen LogP contribution in [0.5, 0.6) is 0 Å². The highest BCUT2D eigenvalue weighted by Crippen LogP contribution is 2.36. The van der Waals surface area contributed by atoms with Crippen LogP contribution in [0.3, 0.4) is 0 Å². The molecule has 10 rings (SSSR count). The van der Waals surface area contributed by atoms with Crippen molar-refractivity contribution >= 4 is 21.7 Å². The molecule has 4 nitrogen and oxygen atoms in total. The van der Waals surface area contributed by atoms with Gasteiger partial charge in [-0.1, -0.05) is 176 Å². The molecule has 0 fully saturated rings. The largest absolute Gasteiger partial charge is 0.256 e. The van der Waals surface area contributed by atoms with Gasteiger partial charge in [-0.3, -0.25) is 4.98 Å². The third-order valence-electron chi connectivity index (χ3n) is 10.4. The van der Waals surface area contributed by atoms with E-state index in [4.69, 9.17) is 19.9 Å². The van der Waals surface area contributed by atoms with E-state index in [9.17, 15) is 0 Å². The summed E-state index contributed by atoms with van der Waals surface area (Å²) in [7, 11) is 0. The molecule has 56 heavy (non-hydrogen) atoms. The van der Waals surface area contributed by atoms with Crippen molar-refractivity contribution in [2.75, 3.05) is 0 Å². The molecule has 0 bridgehead atoms. The van der Waals surface area contributed by atoms with E-state index in [1.54, 1.807) is 0 Å². The molecular weight excluding hydrogens is 681 g/mol. The van der Waals surface area contributed by atoms with Crippen LogP contribution in [0.1, 0.15) is 0 Å². The third kappa shape index (κ3) is 6.40. The Morgan fingerprint density at radius 1 is 0.268 bits per heavy atom. The van der Waals surface area contributed by atoms with Gasteiger partial charge in [0.1, 0.15) is 0 Å². The van der Waals surface area contributed by atoms with Gasteiger partial charge in [-0.2, -0.15) is 0 Å². The average Bonchev–Trinajstić information content (AvgIpc) is 3.29. The highest BCUT2D eigenvalue weighted by Gasteiger charge is 2.14. The Kier molecular flexibility index (Phi) is 8.47. The Labute approximate surface area is 325 Å². The highest BCUT2D eigenvalue weighted by molar-refractivity contribution is 6.12. The van der Waals surface area contributed by atoms with Crippen molar-refractivity contribution in [1.82, 2.24) is 19.9 Å². The molecule has 0 N–H and O–H groups in total. The summed E-state index contributed by atoms with van der Waals surface area (Å²) in [6, 6.07) is 69.9. The summed E-state index contributed by atoms with van der Waals surface area (Å²) in [5.41, 5.74) is 13.1. The zero-order valence-corrected chi connectivity index (χ0v) is 30.4. The molecule has 262 valence electrons. The lowest BCUT2D eigenvalue weighted by molar-refractivity contribution is 1.07. The van der Waals surface area contributed by atoms with Gasteiger partial charge in [-0.05, 0) is 74.2 Å². The number of nitrogens with zero attached hydrogens (tertiary/aromatic N) is 4. The Bertz CT molecular complexity index is 2990. The molecule has 0 unspecified atom stereocenters. The van der Waals surface area contributed by atoms with Crippen molar-refractivity contribution in [3.05, 3.63) is 206 Å². The fourth-order valence-corrected chi connectivity index (χ4v) is 7.51. The minimum absolute atomic E-state index is 0.633. The number of pyridine rings is 1. The van der Waals surface area contributed by atoms with E-state index in [1.807, 2.05) is 48.7 Å². The molecule has 0 saturated heterocycles. The van der Waals surface area contributed by atoms with Gasteiger partial charge in [0.15, 0.2) is 17.5 Å². The monoisotopic (exact) mass is 714 g/mol. The first kappa shape index (κ1) is 33.0. The first-order valence-corrected chi connectivity index (χ1v) is 18.8. The summed E-state index contributed by atoms with van der Waals surface area (Å²) in [6.45, 7) is 0. The Morgan fingerprint density at radius 2 is 0.696 bits per heavy atom. The Hall–Kier alpha value is -7.56. The molecule has 0 aliphatic heterocycles. The average molecular weight is 715 g/mol. The van der Waals surface area contributed by atoms with Crippen LogP contribution in [-0.2, 0) is 0 Å². The van der Waals surface area contributed by atoms with Gasteiger partial charge in [-0.15, -0.1) is 0 Å². The standard InChI is InChI=1S/C52H34N4/c1-3-12-35(13-4-1)36-27-29-40(30-28-36)51-54-50(39-14-5-2-6-15-39)55-52(56-51)45-19-10-17-42(33-45)38-25-23-37(24-26-38)41-16-9-18-43(32-41)48-34-44-20-11-31-53-49(44)47-22-8-7-21-46(47)48/h1-34H. The van der Waals surface area contributed by atoms with Crippen molar-refractivity contribution in [3.8, 4) is 78.7 Å². The van der Waals surface area contributed by atoms with Gasteiger partial charge >= 0.3 is 0 Å². The normalized spacial score (nSPS) is 11.2. The second kappa shape index (κ2) is 14.3. The zero-order valence-electron chi connectivity index (χ0n) is 30.4. The van der Waals surface area contributed by atoms with Gasteiger partial charge in [0, 0.05) is 33.7 Å². The van der Waals surface area contributed by atoms with Crippen molar-refractivity contribution in [2.45, 2.75) is 0 Å². The van der Waals surface area contributed by atoms with Gasteiger partial charge < -0.3 is 0 Å². The van der Waals surface area contributed by atoms with Gasteiger partial charge in [0.2, 0.25) is 0 Å². The summed E-state index contributed by atoms with van der Waals surface area (Å²) in [5, 5.41) is 3.51. The van der Waals surface area contributed by atoms with Crippen LogP contribution in [0.25, 0.3) is 100 Å². The molecule has 0 aliphatic rings. The van der Waals surface area contributed by atoms with Crippen LogP contribution in [0, 0.1) is 0 Å². The molecule has 10 aromatic rings. The van der Waals surface area contributed by atoms with Gasteiger partial charge in [-0.25, -0.2) is 15.0 Å². The van der Waals surface area contributed by atoms with E-state index in [1.165, 1.54) is 33.0 Å². The van der Waals surface area contributed by atoms with E-state index in [0.717, 1.165) is 49.8 Å². The number of hydrogen-bond acceptors (Lipinski definition) is 4. The minimum Gasteiger partial charge on any atom is -0.256 e. The lowest BCUT2D eigenvalue weighted by Crippen LogP contribution is -2.00. The predicted molar refractivity (Wildman–Crippen MR) is 231 cm³/mol. The van der Waals surface area contributed by atoms with E-state index in [-0.39, 0.29) is 0 Å². The number of aromatic nitrogens is 4. The fourth-order valence-electron chi connectivity index (χ4n) is 7.51. The molecule has 0 saturated carbocycles. The first-order chi connectivity index (χ1) is 27.7. The van der Waals surface area contributed by atoms with E-state index < -0.39 is 0 Å². The second-order valence-electron chi connectivity index (χ2n) is 13.9. The maximum atomic E-state index is 5.03. The maximum Gasteiger partial charge on any atom is 0.164 e. The molecule has 0 atom stereocenters. The van der Waals surface area contributed by atoms with Crippen molar-refractivity contribution in [3.63, 3.8) is 0 Å². The maximum absolute atomic E-state index is 5.03. The van der Waals surface area contributed by atoms with E-state index in [2.05, 4.69) is 158 Å². The van der Waals surface area contributed by atoms with Gasteiger partial charge in [0.05, 0.1) is 5.52 Å². The summed E-state index contributed by atoms with van der Waals surface area (Å²) >= 11 is 0. The SMILES string of the molecule is c1ccc(-c2ccc(-c3nc(-c4ccccc4)nc(-c4cccc(-c5ccc(-c6cccc(-c7cc8cccnc8c8ccccc78)c6)cc5)c4)n3)cc2)cc1. The summed E-state index contributed by atoms with van der Waals surface area (Å²) in [4.78, 5) is 19.7. The van der Waals surface area contributed by atoms with Crippen LogP contribution in [0.2, 0.25) is 0 Å². The lowest BCUT2D eigenvalue weighted by Gasteiger charge is -2.12.